The molecule has 0 radical (unpaired) electrons. The van der Waals surface area contributed by atoms with Crippen LogP contribution in [0.1, 0.15) is 5.56 Å². The van der Waals surface area contributed by atoms with E-state index in [2.05, 4.69) is 135 Å². The molecule has 1 aliphatic heterocycles. The standard InChI is InChI=1S/C27H17N3.C12H10N.Ir/c1-2-8-19(9-3-1)28-16-17-29(18-28)25-15-14-21-20-10-4-6-12-23(20)30-24-13-7-5-11-22(24)26(25)27(21)30;1-10-7-8-12(13-9-10)11-5-3-2-4-6-11;/h1-14,16-18H;2-5,7-9H,1H3;/q-2;-1;+3. The summed E-state index contributed by atoms with van der Waals surface area (Å²) in [5.41, 5.74) is 9.17. The summed E-state index contributed by atoms with van der Waals surface area (Å²) in [6.07, 6.45) is 6.07. The Hall–Kier alpha value is -4.96. The Morgan fingerprint density at radius 1 is 0.659 bits per heavy atom. The molecule has 0 saturated heterocycles. The van der Waals surface area contributed by atoms with Crippen molar-refractivity contribution in [2.24, 2.45) is 0 Å². The maximum Gasteiger partial charge on any atom is 3.00 e. The Morgan fingerprint density at radius 3 is 2.11 bits per heavy atom. The fourth-order valence-corrected chi connectivity index (χ4v) is 5.99. The van der Waals surface area contributed by atoms with Gasteiger partial charge in [-0.05, 0) is 71.1 Å². The Balaban J connectivity index is 0.000000189. The minimum Gasteiger partial charge on any atom is -0.499 e. The molecule has 0 aliphatic carbocycles. The predicted octanol–water partition coefficient (Wildman–Crippen LogP) is 9.41. The fraction of sp³-hybridized carbons (Fsp3) is 0.0256. The first-order valence-corrected chi connectivity index (χ1v) is 14.4. The van der Waals surface area contributed by atoms with Gasteiger partial charge in [-0.1, -0.05) is 77.8 Å². The molecule has 9 rings (SSSR count). The van der Waals surface area contributed by atoms with Crippen LogP contribution in [-0.4, -0.2) is 9.38 Å². The van der Waals surface area contributed by atoms with Crippen molar-refractivity contribution in [1.82, 2.24) is 9.38 Å². The summed E-state index contributed by atoms with van der Waals surface area (Å²) in [6, 6.07) is 48.5. The van der Waals surface area contributed by atoms with Crippen LogP contribution in [0.4, 0.5) is 11.4 Å². The first-order valence-electron chi connectivity index (χ1n) is 14.4. The third-order valence-corrected chi connectivity index (χ3v) is 8.00. The van der Waals surface area contributed by atoms with Gasteiger partial charge in [0.15, 0.2) is 0 Å². The molecule has 0 spiro atoms. The van der Waals surface area contributed by atoms with E-state index in [4.69, 9.17) is 0 Å². The maximum atomic E-state index is 4.32. The molecular weight excluding hydrogens is 717 g/mol. The number of aromatic nitrogens is 2. The number of hydrogen-bond acceptors (Lipinski definition) is 3. The number of pyridine rings is 1. The molecule has 8 aromatic rings. The molecule has 4 heterocycles. The topological polar surface area (TPSA) is 23.8 Å². The average molecular weight is 744 g/mol. The summed E-state index contributed by atoms with van der Waals surface area (Å²) in [5, 5.41) is 5.03. The second-order valence-corrected chi connectivity index (χ2v) is 10.7. The van der Waals surface area contributed by atoms with Crippen molar-refractivity contribution in [2.75, 3.05) is 9.80 Å². The molecule has 0 amide bonds. The van der Waals surface area contributed by atoms with Crippen LogP contribution < -0.4 is 9.80 Å². The second-order valence-electron chi connectivity index (χ2n) is 10.7. The van der Waals surface area contributed by atoms with Crippen LogP contribution in [-0.2, 0) is 20.1 Å². The molecular formula is C39H27IrN4. The normalized spacial score (nSPS) is 12.7. The zero-order valence-electron chi connectivity index (χ0n) is 24.0. The molecule has 212 valence electrons. The van der Waals surface area contributed by atoms with E-state index in [0.717, 1.165) is 22.6 Å². The first-order chi connectivity index (χ1) is 21.3. The second kappa shape index (κ2) is 11.6. The van der Waals surface area contributed by atoms with Gasteiger partial charge in [-0.15, -0.1) is 48.0 Å². The van der Waals surface area contributed by atoms with E-state index in [9.17, 15) is 0 Å². The third kappa shape index (κ3) is 4.71. The van der Waals surface area contributed by atoms with Gasteiger partial charge in [-0.3, -0.25) is 0 Å². The van der Waals surface area contributed by atoms with Crippen LogP contribution in [0.5, 0.6) is 0 Å². The van der Waals surface area contributed by atoms with E-state index >= 15 is 0 Å². The summed E-state index contributed by atoms with van der Waals surface area (Å²) in [6.45, 7) is 4.16. The van der Waals surface area contributed by atoms with Gasteiger partial charge >= 0.3 is 20.1 Å². The predicted molar refractivity (Wildman–Crippen MR) is 178 cm³/mol. The Kier molecular flexibility index (Phi) is 7.35. The van der Waals surface area contributed by atoms with Crippen molar-refractivity contribution in [1.29, 1.82) is 0 Å². The number of aryl methyl sites for hydroxylation is 1. The van der Waals surface area contributed by atoms with E-state index < -0.39 is 0 Å². The van der Waals surface area contributed by atoms with Crippen LogP contribution in [0.15, 0.2) is 140 Å². The smallest absolute Gasteiger partial charge is 0.499 e. The van der Waals surface area contributed by atoms with Crippen molar-refractivity contribution in [3.05, 3.63) is 164 Å². The van der Waals surface area contributed by atoms with Gasteiger partial charge in [0.05, 0.1) is 0 Å². The molecule has 0 bridgehead atoms. The van der Waals surface area contributed by atoms with Crippen molar-refractivity contribution in [3.8, 4) is 11.3 Å². The van der Waals surface area contributed by atoms with Crippen LogP contribution in [0.25, 0.3) is 49.4 Å². The number of hydrogen-bond donors (Lipinski definition) is 0. The van der Waals surface area contributed by atoms with Gasteiger partial charge in [-0.25, -0.2) is 0 Å². The van der Waals surface area contributed by atoms with Crippen LogP contribution in [0.2, 0.25) is 0 Å². The number of anilines is 2. The molecule has 0 atom stereocenters. The van der Waals surface area contributed by atoms with E-state index in [1.54, 1.807) is 0 Å². The molecule has 3 aromatic heterocycles. The number of benzene rings is 5. The van der Waals surface area contributed by atoms with Gasteiger partial charge in [0.25, 0.3) is 0 Å². The average Bonchev–Trinajstić information content (AvgIpc) is 3.79. The van der Waals surface area contributed by atoms with E-state index in [0.29, 0.717) is 0 Å². The Labute approximate surface area is 270 Å². The summed E-state index contributed by atoms with van der Waals surface area (Å²) < 4.78 is 2.40. The van der Waals surface area contributed by atoms with Crippen LogP contribution in [0.3, 0.4) is 0 Å². The van der Waals surface area contributed by atoms with Crippen LogP contribution >= 0.6 is 0 Å². The van der Waals surface area contributed by atoms with Gasteiger partial charge in [0, 0.05) is 22.9 Å². The van der Waals surface area contributed by atoms with Crippen LogP contribution in [0, 0.1) is 25.7 Å². The largest absolute Gasteiger partial charge is 3.00 e. The number of rotatable bonds is 3. The molecule has 0 N–H and O–H groups in total. The zero-order valence-corrected chi connectivity index (χ0v) is 26.4. The number of nitrogens with zero attached hydrogens (tertiary/aromatic N) is 4. The Bertz CT molecular complexity index is 2220. The van der Waals surface area contributed by atoms with Crippen molar-refractivity contribution in [3.63, 3.8) is 0 Å². The summed E-state index contributed by atoms with van der Waals surface area (Å²) in [5.74, 6) is 0. The summed E-state index contributed by atoms with van der Waals surface area (Å²) in [4.78, 5) is 8.63. The van der Waals surface area contributed by atoms with E-state index in [1.807, 2.05) is 49.5 Å². The molecule has 4 nitrogen and oxygen atoms in total. The molecule has 5 aromatic carbocycles. The molecule has 44 heavy (non-hydrogen) atoms. The van der Waals surface area contributed by atoms with E-state index in [1.165, 1.54) is 43.7 Å². The summed E-state index contributed by atoms with van der Waals surface area (Å²) in [7, 11) is 0. The summed E-state index contributed by atoms with van der Waals surface area (Å²) >= 11 is 0. The fourth-order valence-electron chi connectivity index (χ4n) is 5.99. The number of para-hydroxylation sites is 3. The van der Waals surface area contributed by atoms with Gasteiger partial charge in [0.2, 0.25) is 0 Å². The minimum absolute atomic E-state index is 0. The molecule has 0 saturated carbocycles. The third-order valence-electron chi connectivity index (χ3n) is 8.00. The van der Waals surface area contributed by atoms with E-state index in [-0.39, 0.29) is 20.1 Å². The van der Waals surface area contributed by atoms with Gasteiger partial charge in [-0.2, -0.15) is 12.1 Å². The SMILES string of the molecule is Cc1ccc(-c2[c-]cccc2)nc1.[Ir+3].[c-]1cc2c3ccccc3n3c4ccccc4c(c1N1C=CN(c4ccccc4)[CH-]1)c23. The van der Waals surface area contributed by atoms with Crippen molar-refractivity contribution in [2.45, 2.75) is 6.92 Å². The molecule has 0 fully saturated rings. The molecule has 0 unspecified atom stereocenters. The van der Waals surface area contributed by atoms with Crippen molar-refractivity contribution >= 4 is 49.5 Å². The quantitative estimate of drug-likeness (QED) is 0.169. The minimum atomic E-state index is 0. The first kappa shape index (κ1) is 27.8. The molecule has 5 heteroatoms. The monoisotopic (exact) mass is 744 g/mol. The maximum absolute atomic E-state index is 4.32. The van der Waals surface area contributed by atoms with Gasteiger partial charge in [0.1, 0.15) is 0 Å². The van der Waals surface area contributed by atoms with Crippen molar-refractivity contribution < 1.29 is 20.1 Å². The number of fused-ring (bicyclic) bond motifs is 6. The Morgan fingerprint density at radius 2 is 1.36 bits per heavy atom. The zero-order chi connectivity index (χ0) is 28.8. The molecule has 1 aliphatic rings. The van der Waals surface area contributed by atoms with Gasteiger partial charge < -0.3 is 19.2 Å².